The molecule has 6 heteroatoms. The summed E-state index contributed by atoms with van der Waals surface area (Å²) in [6.45, 7) is 4.23. The third-order valence-electron chi connectivity index (χ3n) is 2.99. The number of urea groups is 1. The molecule has 2 rings (SSSR count). The molecule has 0 aliphatic carbocycles. The molecule has 1 fully saturated rings. The summed E-state index contributed by atoms with van der Waals surface area (Å²) in [6, 6.07) is -0.988. The Labute approximate surface area is 110 Å². The molecule has 15 heavy (non-hydrogen) atoms. The van der Waals surface area contributed by atoms with Crippen LogP contribution in [-0.4, -0.2) is 35.5 Å². The Morgan fingerprint density at radius 2 is 2.07 bits per heavy atom. The van der Waals surface area contributed by atoms with Crippen molar-refractivity contribution >= 4 is 11.9 Å². The Hall–Kier alpha value is -0.520. The molecule has 2 aliphatic heterocycles. The van der Waals surface area contributed by atoms with Crippen molar-refractivity contribution in [2.75, 3.05) is 6.54 Å². The van der Waals surface area contributed by atoms with E-state index in [2.05, 4.69) is 5.32 Å². The molecule has 0 spiro atoms. The first kappa shape index (κ1) is 12.5. The van der Waals surface area contributed by atoms with Crippen LogP contribution in [0.5, 0.6) is 0 Å². The fourth-order valence-electron chi connectivity index (χ4n) is 2.04. The van der Waals surface area contributed by atoms with Crippen LogP contribution in [0.2, 0.25) is 0 Å². The van der Waals surface area contributed by atoms with Gasteiger partial charge in [-0.25, -0.2) is 0 Å². The number of amides is 3. The number of hydrogen-bond donors (Lipinski definition) is 1. The van der Waals surface area contributed by atoms with Crippen molar-refractivity contribution < 1.29 is 39.1 Å². The Bertz CT molecular complexity index is 353. The van der Waals surface area contributed by atoms with Crippen molar-refractivity contribution in [2.45, 2.75) is 25.9 Å². The standard InChI is InChI=1S/C9H13N3O2.Na/c1-4-5(2)7(8(10)13)12-3-6(4)11-9(12)14;/h6-7H,3H2,1-2H3,(H3,10,11,13,14);/q;+1/p-1/t6-,7-;/m0./s1. The van der Waals surface area contributed by atoms with Gasteiger partial charge in [-0.15, -0.1) is 0 Å². The van der Waals surface area contributed by atoms with Gasteiger partial charge in [0.25, 0.3) is 0 Å². The average Bonchev–Trinajstić information content (AvgIpc) is 2.42. The smallest absolute Gasteiger partial charge is 0.423 e. The molecule has 2 N–H and O–H groups in total. The molecule has 2 atom stereocenters. The van der Waals surface area contributed by atoms with E-state index < -0.39 is 11.9 Å². The zero-order valence-corrected chi connectivity index (χ0v) is 11.2. The van der Waals surface area contributed by atoms with Gasteiger partial charge in [-0.1, -0.05) is 11.1 Å². The quantitative estimate of drug-likeness (QED) is 0.385. The van der Waals surface area contributed by atoms with Crippen LogP contribution in [0, 0.1) is 0 Å². The topological polar surface area (TPSA) is 77.5 Å². The van der Waals surface area contributed by atoms with Gasteiger partial charge in [0.1, 0.15) is 0 Å². The number of rotatable bonds is 1. The molecule has 2 aliphatic rings. The van der Waals surface area contributed by atoms with E-state index in [4.69, 9.17) is 5.73 Å². The van der Waals surface area contributed by atoms with E-state index >= 15 is 0 Å². The SMILES string of the molecule is CC1=C(C)[C@@H]2CN(C(=O)[N-]2)[C@@H]1C(N)=O.[Na+]. The third kappa shape index (κ3) is 1.79. The van der Waals surface area contributed by atoms with Gasteiger partial charge in [0.2, 0.25) is 5.91 Å². The Morgan fingerprint density at radius 3 is 2.60 bits per heavy atom. The van der Waals surface area contributed by atoms with Crippen LogP contribution in [0.15, 0.2) is 11.1 Å². The van der Waals surface area contributed by atoms with Crippen molar-refractivity contribution in [3.8, 4) is 0 Å². The van der Waals surface area contributed by atoms with Crippen molar-refractivity contribution in [3.05, 3.63) is 16.5 Å². The van der Waals surface area contributed by atoms with Crippen LogP contribution in [0.1, 0.15) is 13.8 Å². The van der Waals surface area contributed by atoms with Gasteiger partial charge in [0.15, 0.2) is 6.03 Å². The Balaban J connectivity index is 0.00000112. The van der Waals surface area contributed by atoms with Gasteiger partial charge in [0, 0.05) is 0 Å². The molecule has 76 valence electrons. The van der Waals surface area contributed by atoms with Crippen LogP contribution in [0.25, 0.3) is 5.32 Å². The Kier molecular flexibility index (Phi) is 3.48. The van der Waals surface area contributed by atoms with Gasteiger partial charge in [-0.05, 0) is 26.4 Å². The first-order valence-electron chi connectivity index (χ1n) is 4.50. The van der Waals surface area contributed by atoms with E-state index in [-0.39, 0.29) is 41.6 Å². The maximum atomic E-state index is 11.4. The summed E-state index contributed by atoms with van der Waals surface area (Å²) in [7, 11) is 0. The zero-order chi connectivity index (χ0) is 10.5. The van der Waals surface area contributed by atoms with Crippen molar-refractivity contribution in [2.24, 2.45) is 5.73 Å². The van der Waals surface area contributed by atoms with Crippen molar-refractivity contribution in [3.63, 3.8) is 0 Å². The fourth-order valence-corrected chi connectivity index (χ4v) is 2.04. The summed E-state index contributed by atoms with van der Waals surface area (Å²) >= 11 is 0. The maximum absolute atomic E-state index is 11.4. The summed E-state index contributed by atoms with van der Waals surface area (Å²) in [5.74, 6) is -0.481. The molecule has 0 aromatic rings. The molecule has 5 nitrogen and oxygen atoms in total. The fraction of sp³-hybridized carbons (Fsp3) is 0.556. The molecule has 3 amide bonds. The van der Waals surface area contributed by atoms with E-state index in [1.54, 1.807) is 0 Å². The van der Waals surface area contributed by atoms with Gasteiger partial charge < -0.3 is 16.0 Å². The van der Waals surface area contributed by atoms with Gasteiger partial charge in [-0.3, -0.25) is 9.59 Å². The van der Waals surface area contributed by atoms with Crippen LogP contribution in [0.3, 0.4) is 0 Å². The second-order valence-corrected chi connectivity index (χ2v) is 3.75. The predicted molar refractivity (Wildman–Crippen MR) is 50.6 cm³/mol. The number of carbonyl (C=O) groups is 2. The minimum atomic E-state index is -0.593. The molecular formula is C9H12N3NaO2. The monoisotopic (exact) mass is 217 g/mol. The minimum Gasteiger partial charge on any atom is -0.423 e. The van der Waals surface area contributed by atoms with E-state index in [9.17, 15) is 9.59 Å². The molecule has 0 unspecified atom stereocenters. The molecule has 0 saturated carbocycles. The first-order valence-corrected chi connectivity index (χ1v) is 4.50. The van der Waals surface area contributed by atoms with Crippen molar-refractivity contribution in [1.82, 2.24) is 4.90 Å². The summed E-state index contributed by atoms with van der Waals surface area (Å²) < 4.78 is 0. The molecule has 0 aromatic carbocycles. The molecule has 1 saturated heterocycles. The first-order chi connectivity index (χ1) is 6.52. The van der Waals surface area contributed by atoms with E-state index in [0.29, 0.717) is 6.54 Å². The van der Waals surface area contributed by atoms with Crippen LogP contribution in [-0.2, 0) is 4.79 Å². The number of primary amides is 1. The summed E-state index contributed by atoms with van der Waals surface area (Å²) in [5, 5.41) is 3.94. The van der Waals surface area contributed by atoms with Crippen LogP contribution < -0.4 is 35.3 Å². The van der Waals surface area contributed by atoms with E-state index in [1.807, 2.05) is 13.8 Å². The summed E-state index contributed by atoms with van der Waals surface area (Å²) in [6.07, 6.45) is 0. The second kappa shape index (κ2) is 4.15. The molecule has 0 radical (unpaired) electrons. The molecule has 2 heterocycles. The molecular weight excluding hydrogens is 205 g/mol. The minimum absolute atomic E-state index is 0. The summed E-state index contributed by atoms with van der Waals surface area (Å²) in [5.41, 5.74) is 7.12. The van der Waals surface area contributed by atoms with Crippen LogP contribution in [0.4, 0.5) is 4.79 Å². The van der Waals surface area contributed by atoms with E-state index in [1.165, 1.54) is 4.90 Å². The number of nitrogens with two attached hydrogens (primary N) is 1. The Morgan fingerprint density at radius 1 is 1.47 bits per heavy atom. The van der Waals surface area contributed by atoms with Crippen LogP contribution >= 0.6 is 0 Å². The normalized spacial score (nSPS) is 28.7. The number of fused-ring (bicyclic) bond motifs is 2. The third-order valence-corrected chi connectivity index (χ3v) is 2.99. The number of nitrogens with zero attached hydrogens (tertiary/aromatic N) is 2. The van der Waals surface area contributed by atoms with E-state index in [0.717, 1.165) is 11.1 Å². The van der Waals surface area contributed by atoms with Gasteiger partial charge >= 0.3 is 29.6 Å². The number of carbonyl (C=O) groups excluding carboxylic acids is 2. The zero-order valence-electron chi connectivity index (χ0n) is 9.15. The number of hydrogen-bond acceptors (Lipinski definition) is 2. The van der Waals surface area contributed by atoms with Gasteiger partial charge in [0.05, 0.1) is 6.04 Å². The van der Waals surface area contributed by atoms with Gasteiger partial charge in [-0.2, -0.15) is 0 Å². The molecule has 0 aromatic heterocycles. The summed E-state index contributed by atoms with van der Waals surface area (Å²) in [4.78, 5) is 24.0. The predicted octanol–water partition coefficient (Wildman–Crippen LogP) is -2.63. The largest absolute Gasteiger partial charge is 1.00 e. The molecule has 2 bridgehead atoms. The maximum Gasteiger partial charge on any atom is 1.00 e. The second-order valence-electron chi connectivity index (χ2n) is 3.75. The van der Waals surface area contributed by atoms with Crippen molar-refractivity contribution in [1.29, 1.82) is 0 Å². The average molecular weight is 217 g/mol.